The van der Waals surface area contributed by atoms with E-state index in [4.69, 9.17) is 0 Å². The highest BCUT2D eigenvalue weighted by atomic mass is 16.6. The molecule has 0 spiro atoms. The predicted octanol–water partition coefficient (Wildman–Crippen LogP) is 0.221. The normalized spacial score (nSPS) is 13.6. The summed E-state index contributed by atoms with van der Waals surface area (Å²) in [6.07, 6.45) is 2.17. The van der Waals surface area contributed by atoms with Gasteiger partial charge in [0.15, 0.2) is 0 Å². The van der Waals surface area contributed by atoms with Gasteiger partial charge in [-0.15, -0.1) is 0 Å². The maximum Gasteiger partial charge on any atom is 0.338 e. The molecule has 0 N–H and O–H groups in total. The Morgan fingerprint density at radius 1 is 1.18 bits per heavy atom. The van der Waals surface area contributed by atoms with Gasteiger partial charge in [-0.1, -0.05) is 0 Å². The fourth-order valence-corrected chi connectivity index (χ4v) is 0.303. The summed E-state index contributed by atoms with van der Waals surface area (Å²) in [5.41, 5.74) is 0. The van der Waals surface area contributed by atoms with Crippen LogP contribution in [0.1, 0.15) is 13.8 Å². The molecule has 0 aromatic carbocycles. The van der Waals surface area contributed by atoms with Gasteiger partial charge in [-0.25, -0.2) is 9.59 Å². The maximum absolute atomic E-state index is 9.92. The second-order valence-electron chi connectivity index (χ2n) is 1.98. The third-order valence-corrected chi connectivity index (χ3v) is 0.557. The van der Waals surface area contributed by atoms with Crippen molar-refractivity contribution >= 4 is 17.7 Å². The molecular weight excluding hydrogens is 148 g/mol. The van der Waals surface area contributed by atoms with Gasteiger partial charge in [0.2, 0.25) is 0 Å². The number of hydrogen-bond donors (Lipinski definition) is 0. The van der Waals surface area contributed by atoms with Crippen LogP contribution in [-0.2, 0) is 19.1 Å². The standard InChI is InChI=1S/C4H2O3.C3H6O/c5-3-1-2-4(6)7-3;1-3(2)4/h1-2H;1-2H3. The van der Waals surface area contributed by atoms with Gasteiger partial charge in [0, 0.05) is 12.2 Å². The Morgan fingerprint density at radius 2 is 1.45 bits per heavy atom. The van der Waals surface area contributed by atoms with Crippen molar-refractivity contribution in [1.82, 2.24) is 0 Å². The summed E-state index contributed by atoms with van der Waals surface area (Å²) >= 11 is 0. The quantitative estimate of drug-likeness (QED) is 0.372. The molecule has 0 saturated carbocycles. The zero-order chi connectivity index (χ0) is 8.85. The number of cyclic esters (lactones) is 2. The van der Waals surface area contributed by atoms with Gasteiger partial charge in [-0.3, -0.25) is 0 Å². The van der Waals surface area contributed by atoms with Crippen LogP contribution in [0.3, 0.4) is 0 Å². The predicted molar refractivity (Wildman–Crippen MR) is 36.6 cm³/mol. The Morgan fingerprint density at radius 3 is 1.55 bits per heavy atom. The Balaban J connectivity index is 0.000000218. The Hall–Kier alpha value is -1.45. The molecule has 0 aromatic rings. The molecule has 0 radical (unpaired) electrons. The molecular formula is C7H8O4. The van der Waals surface area contributed by atoms with Crippen molar-refractivity contribution in [1.29, 1.82) is 0 Å². The highest BCUT2D eigenvalue weighted by Gasteiger charge is 2.10. The number of carbonyl (C=O) groups excluding carboxylic acids is 3. The van der Waals surface area contributed by atoms with Gasteiger partial charge in [-0.05, 0) is 13.8 Å². The summed E-state index contributed by atoms with van der Waals surface area (Å²) in [4.78, 5) is 29.3. The summed E-state index contributed by atoms with van der Waals surface area (Å²) in [5, 5.41) is 0. The molecule has 4 heteroatoms. The largest absolute Gasteiger partial charge is 0.387 e. The average Bonchev–Trinajstić information content (AvgIpc) is 2.13. The van der Waals surface area contributed by atoms with Gasteiger partial charge < -0.3 is 9.53 Å². The average molecular weight is 156 g/mol. The van der Waals surface area contributed by atoms with Crippen molar-refractivity contribution in [3.63, 3.8) is 0 Å². The number of hydrogen-bond acceptors (Lipinski definition) is 4. The van der Waals surface area contributed by atoms with Crippen LogP contribution in [-0.4, -0.2) is 17.7 Å². The minimum Gasteiger partial charge on any atom is -0.387 e. The summed E-state index contributed by atoms with van der Waals surface area (Å²) in [7, 11) is 0. The third-order valence-electron chi connectivity index (χ3n) is 0.557. The molecule has 60 valence electrons. The molecule has 1 aliphatic heterocycles. The molecule has 1 heterocycles. The van der Waals surface area contributed by atoms with Crippen LogP contribution in [0.15, 0.2) is 12.2 Å². The van der Waals surface area contributed by atoms with Crippen molar-refractivity contribution in [2.45, 2.75) is 13.8 Å². The molecule has 0 aromatic heterocycles. The van der Waals surface area contributed by atoms with Crippen LogP contribution in [0.4, 0.5) is 0 Å². The van der Waals surface area contributed by atoms with E-state index in [1.807, 2.05) is 0 Å². The van der Waals surface area contributed by atoms with Crippen molar-refractivity contribution < 1.29 is 19.1 Å². The lowest BCUT2D eigenvalue weighted by molar-refractivity contribution is -0.150. The molecule has 4 nitrogen and oxygen atoms in total. The molecule has 0 amide bonds. The van der Waals surface area contributed by atoms with E-state index in [1.165, 1.54) is 13.8 Å². The Labute approximate surface area is 63.8 Å². The lowest BCUT2D eigenvalue weighted by atomic mass is 10.6. The first kappa shape index (κ1) is 9.55. The summed E-state index contributed by atoms with van der Waals surface area (Å²) in [6, 6.07) is 0. The van der Waals surface area contributed by atoms with Crippen LogP contribution in [0, 0.1) is 0 Å². The molecule has 1 rings (SSSR count). The molecule has 0 atom stereocenters. The van der Waals surface area contributed by atoms with Crippen molar-refractivity contribution in [2.24, 2.45) is 0 Å². The van der Waals surface area contributed by atoms with Crippen LogP contribution >= 0.6 is 0 Å². The Bertz CT molecular complexity index is 194. The van der Waals surface area contributed by atoms with Crippen LogP contribution in [0.25, 0.3) is 0 Å². The highest BCUT2D eigenvalue weighted by Crippen LogP contribution is 1.92. The zero-order valence-corrected chi connectivity index (χ0v) is 6.29. The summed E-state index contributed by atoms with van der Waals surface area (Å²) in [6.45, 7) is 3.06. The van der Waals surface area contributed by atoms with Crippen LogP contribution in [0.2, 0.25) is 0 Å². The van der Waals surface area contributed by atoms with Crippen molar-refractivity contribution in [3.8, 4) is 0 Å². The molecule has 0 aliphatic carbocycles. The van der Waals surface area contributed by atoms with Gasteiger partial charge in [0.25, 0.3) is 0 Å². The third kappa shape index (κ3) is 6.44. The molecule has 0 unspecified atom stereocenters. The summed E-state index contributed by atoms with van der Waals surface area (Å²) < 4.78 is 3.97. The van der Waals surface area contributed by atoms with Gasteiger partial charge in [-0.2, -0.15) is 0 Å². The molecule has 11 heavy (non-hydrogen) atoms. The highest BCUT2D eigenvalue weighted by molar-refractivity contribution is 6.04. The van der Waals surface area contributed by atoms with Crippen molar-refractivity contribution in [3.05, 3.63) is 12.2 Å². The van der Waals surface area contributed by atoms with E-state index >= 15 is 0 Å². The van der Waals surface area contributed by atoms with Crippen LogP contribution < -0.4 is 0 Å². The van der Waals surface area contributed by atoms with E-state index in [0.29, 0.717) is 0 Å². The number of carbonyl (C=O) groups is 3. The lowest BCUT2D eigenvalue weighted by Gasteiger charge is -1.80. The first-order chi connectivity index (χ1) is 5.02. The van der Waals surface area contributed by atoms with E-state index in [9.17, 15) is 14.4 Å². The van der Waals surface area contributed by atoms with E-state index in [1.54, 1.807) is 0 Å². The lowest BCUT2D eigenvalue weighted by Crippen LogP contribution is -1.96. The molecule has 0 fully saturated rings. The number of rotatable bonds is 0. The number of Topliss-reactive ketones (excluding diaryl/α,β-unsaturated/α-hetero) is 1. The van der Waals surface area contributed by atoms with E-state index in [0.717, 1.165) is 12.2 Å². The number of ether oxygens (including phenoxy) is 1. The van der Waals surface area contributed by atoms with Gasteiger partial charge >= 0.3 is 11.9 Å². The van der Waals surface area contributed by atoms with Crippen molar-refractivity contribution in [2.75, 3.05) is 0 Å². The van der Waals surface area contributed by atoms with Gasteiger partial charge in [0.1, 0.15) is 5.78 Å². The Kier molecular flexibility index (Phi) is 3.80. The second kappa shape index (κ2) is 4.38. The SMILES string of the molecule is CC(C)=O.O=C1C=CC(=O)O1. The molecule has 1 aliphatic rings. The van der Waals surface area contributed by atoms with Crippen LogP contribution in [0.5, 0.6) is 0 Å². The maximum atomic E-state index is 9.92. The number of ketones is 1. The zero-order valence-electron chi connectivity index (χ0n) is 6.29. The minimum atomic E-state index is -0.579. The molecule has 0 saturated heterocycles. The molecule has 0 bridgehead atoms. The monoisotopic (exact) mass is 156 g/mol. The summed E-state index contributed by atoms with van der Waals surface area (Å²) in [5.74, 6) is -0.991. The van der Waals surface area contributed by atoms with E-state index in [2.05, 4.69) is 4.74 Å². The number of esters is 2. The first-order valence-corrected chi connectivity index (χ1v) is 2.93. The minimum absolute atomic E-state index is 0.167. The second-order valence-corrected chi connectivity index (χ2v) is 1.98. The fraction of sp³-hybridized carbons (Fsp3) is 0.286. The van der Waals surface area contributed by atoms with E-state index < -0.39 is 11.9 Å². The van der Waals surface area contributed by atoms with Gasteiger partial charge in [0.05, 0.1) is 0 Å². The fourth-order valence-electron chi connectivity index (χ4n) is 0.303. The smallest absolute Gasteiger partial charge is 0.338 e. The topological polar surface area (TPSA) is 60.4 Å². The van der Waals surface area contributed by atoms with E-state index in [-0.39, 0.29) is 5.78 Å². The first-order valence-electron chi connectivity index (χ1n) is 2.93.